The van der Waals surface area contributed by atoms with E-state index >= 15 is 0 Å². The highest BCUT2D eigenvalue weighted by Crippen LogP contribution is 2.33. The first kappa shape index (κ1) is 19.4. The first-order valence-electron chi connectivity index (χ1n) is 9.18. The fourth-order valence-corrected chi connectivity index (χ4v) is 3.17. The first-order valence-corrected chi connectivity index (χ1v) is 9.18. The highest BCUT2D eigenvalue weighted by Gasteiger charge is 2.13. The van der Waals surface area contributed by atoms with E-state index in [-0.39, 0.29) is 11.8 Å². The van der Waals surface area contributed by atoms with Gasteiger partial charge in [-0.25, -0.2) is 14.4 Å². The number of anilines is 3. The molecule has 0 unspecified atom stereocenters. The van der Waals surface area contributed by atoms with E-state index < -0.39 is 0 Å². The number of halogens is 1. The van der Waals surface area contributed by atoms with E-state index in [9.17, 15) is 4.39 Å². The van der Waals surface area contributed by atoms with Crippen molar-refractivity contribution in [3.63, 3.8) is 0 Å². The molecule has 0 amide bonds. The van der Waals surface area contributed by atoms with Crippen LogP contribution in [-0.2, 0) is 0 Å². The largest absolute Gasteiger partial charge is 0.493 e. The number of nitrogens with two attached hydrogens (primary N) is 1. The minimum atomic E-state index is -0.307. The van der Waals surface area contributed by atoms with Gasteiger partial charge in [-0.1, -0.05) is 0 Å². The van der Waals surface area contributed by atoms with Gasteiger partial charge >= 0.3 is 0 Å². The molecule has 0 fully saturated rings. The Bertz CT molecular complexity index is 1250. The van der Waals surface area contributed by atoms with Gasteiger partial charge in [-0.15, -0.1) is 0 Å². The van der Waals surface area contributed by atoms with Crippen LogP contribution >= 0.6 is 0 Å². The fourth-order valence-electron chi connectivity index (χ4n) is 3.17. The molecule has 30 heavy (non-hydrogen) atoms. The number of hydrogen-bond donors (Lipinski definition) is 2. The Kier molecular flexibility index (Phi) is 5.05. The van der Waals surface area contributed by atoms with Gasteiger partial charge in [0, 0.05) is 11.3 Å². The summed E-state index contributed by atoms with van der Waals surface area (Å²) < 4.78 is 24.1. The van der Waals surface area contributed by atoms with E-state index in [1.807, 2.05) is 30.3 Å². The van der Waals surface area contributed by atoms with Crippen LogP contribution in [0.15, 0.2) is 48.5 Å². The molecule has 0 aliphatic heterocycles. The van der Waals surface area contributed by atoms with Crippen LogP contribution in [0.5, 0.6) is 11.5 Å². The predicted octanol–water partition coefficient (Wildman–Crippen LogP) is 4.48. The quantitative estimate of drug-likeness (QED) is 0.505. The summed E-state index contributed by atoms with van der Waals surface area (Å²) in [5.74, 6) is 1.48. The Morgan fingerprint density at radius 1 is 0.900 bits per heavy atom. The van der Waals surface area contributed by atoms with Crippen LogP contribution in [0.2, 0.25) is 0 Å². The topological polar surface area (TPSA) is 95.2 Å². The number of ether oxygens (including phenoxy) is 2. The van der Waals surface area contributed by atoms with Crippen molar-refractivity contribution in [2.45, 2.75) is 6.92 Å². The third-order valence-electron chi connectivity index (χ3n) is 4.68. The van der Waals surface area contributed by atoms with E-state index in [2.05, 4.69) is 15.3 Å². The molecule has 4 aromatic rings. The van der Waals surface area contributed by atoms with Crippen molar-refractivity contribution in [3.8, 4) is 22.8 Å². The van der Waals surface area contributed by atoms with Crippen LogP contribution in [-0.4, -0.2) is 29.2 Å². The van der Waals surface area contributed by atoms with Crippen LogP contribution in [0.1, 0.15) is 5.56 Å². The van der Waals surface area contributed by atoms with E-state index in [1.165, 1.54) is 12.1 Å². The van der Waals surface area contributed by atoms with Gasteiger partial charge in [0.2, 0.25) is 5.95 Å². The van der Waals surface area contributed by atoms with Crippen LogP contribution in [0.4, 0.5) is 21.8 Å². The molecule has 8 heteroatoms. The molecule has 2 aromatic heterocycles. The van der Waals surface area contributed by atoms with Crippen molar-refractivity contribution in [1.29, 1.82) is 0 Å². The molecule has 0 aliphatic carbocycles. The summed E-state index contributed by atoms with van der Waals surface area (Å²) in [6.07, 6.45) is 0. The van der Waals surface area contributed by atoms with Crippen molar-refractivity contribution >= 4 is 28.5 Å². The number of rotatable bonds is 5. The summed E-state index contributed by atoms with van der Waals surface area (Å²) in [6, 6.07) is 13.7. The second-order valence-corrected chi connectivity index (χ2v) is 6.65. The molecule has 4 rings (SSSR count). The van der Waals surface area contributed by atoms with Crippen LogP contribution in [0.25, 0.3) is 22.3 Å². The first-order chi connectivity index (χ1) is 14.5. The lowest BCUT2D eigenvalue weighted by Crippen LogP contribution is -2.04. The van der Waals surface area contributed by atoms with Crippen molar-refractivity contribution < 1.29 is 13.9 Å². The Labute approximate surface area is 172 Å². The molecule has 0 radical (unpaired) electrons. The van der Waals surface area contributed by atoms with Crippen molar-refractivity contribution in [1.82, 2.24) is 15.0 Å². The Balaban J connectivity index is 1.82. The lowest BCUT2D eigenvalue weighted by molar-refractivity contribution is 0.355. The van der Waals surface area contributed by atoms with Crippen molar-refractivity contribution in [2.24, 2.45) is 0 Å². The molecule has 7 nitrogen and oxygen atoms in total. The van der Waals surface area contributed by atoms with Gasteiger partial charge in [-0.2, -0.15) is 4.98 Å². The number of pyridine rings is 1. The lowest BCUT2D eigenvalue weighted by Gasteiger charge is -2.13. The molecule has 152 valence electrons. The van der Waals surface area contributed by atoms with E-state index in [4.69, 9.17) is 20.2 Å². The average Bonchev–Trinajstić information content (AvgIpc) is 2.74. The minimum absolute atomic E-state index is 0.116. The monoisotopic (exact) mass is 405 g/mol. The predicted molar refractivity (Wildman–Crippen MR) is 115 cm³/mol. The average molecular weight is 405 g/mol. The number of aromatic nitrogens is 3. The number of nitrogens with one attached hydrogen (secondary N) is 1. The number of methoxy groups -OCH3 is 2. The molecule has 0 spiro atoms. The Morgan fingerprint density at radius 2 is 1.70 bits per heavy atom. The van der Waals surface area contributed by atoms with Gasteiger partial charge in [0.25, 0.3) is 0 Å². The molecular weight excluding hydrogens is 385 g/mol. The third-order valence-corrected chi connectivity index (χ3v) is 4.68. The summed E-state index contributed by atoms with van der Waals surface area (Å²) in [5, 5.41) is 3.20. The van der Waals surface area contributed by atoms with Gasteiger partial charge in [0.05, 0.1) is 25.4 Å². The molecule has 0 atom stereocenters. The molecule has 0 saturated carbocycles. The smallest absolute Gasteiger partial charge is 0.222 e. The standard InChI is InChI=1S/C22H20FN5O2/c1-12-10-14(23)5-6-15(12)26-21-20-17(27-22(24)28-21)8-7-16(25-20)13-4-9-18(29-2)19(11-13)30-3/h4-11H,1-3H3,(H3,24,26,27,28). The number of fused-ring (bicyclic) bond motifs is 1. The van der Waals surface area contributed by atoms with Crippen LogP contribution < -0.4 is 20.5 Å². The zero-order chi connectivity index (χ0) is 21.3. The zero-order valence-corrected chi connectivity index (χ0v) is 16.7. The van der Waals surface area contributed by atoms with Crippen LogP contribution in [0.3, 0.4) is 0 Å². The summed E-state index contributed by atoms with van der Waals surface area (Å²) >= 11 is 0. The van der Waals surface area contributed by atoms with Gasteiger partial charge in [-0.05, 0) is 61.0 Å². The maximum Gasteiger partial charge on any atom is 0.222 e. The van der Waals surface area contributed by atoms with Gasteiger partial charge in [0.1, 0.15) is 11.3 Å². The number of benzene rings is 2. The van der Waals surface area contributed by atoms with Crippen LogP contribution in [0, 0.1) is 12.7 Å². The molecule has 0 saturated heterocycles. The zero-order valence-electron chi connectivity index (χ0n) is 16.7. The highest BCUT2D eigenvalue weighted by molar-refractivity contribution is 5.90. The number of aryl methyl sites for hydroxylation is 1. The van der Waals surface area contributed by atoms with E-state index in [0.29, 0.717) is 39.7 Å². The number of nitrogens with zero attached hydrogens (tertiary/aromatic N) is 3. The normalized spacial score (nSPS) is 10.8. The maximum atomic E-state index is 13.5. The summed E-state index contributed by atoms with van der Waals surface area (Å²) in [4.78, 5) is 13.3. The minimum Gasteiger partial charge on any atom is -0.493 e. The van der Waals surface area contributed by atoms with E-state index in [1.54, 1.807) is 27.2 Å². The highest BCUT2D eigenvalue weighted by atomic mass is 19.1. The Hall–Kier alpha value is -3.94. The molecular formula is C22H20FN5O2. The van der Waals surface area contributed by atoms with Crippen molar-refractivity contribution in [3.05, 3.63) is 59.9 Å². The second kappa shape index (κ2) is 7.82. The van der Waals surface area contributed by atoms with Crippen molar-refractivity contribution in [2.75, 3.05) is 25.3 Å². The number of nitrogen functional groups attached to an aromatic ring is 1. The summed E-state index contributed by atoms with van der Waals surface area (Å²) in [5.41, 5.74) is 10.00. The van der Waals surface area contributed by atoms with E-state index in [0.717, 1.165) is 11.1 Å². The molecule has 2 aromatic carbocycles. The van der Waals surface area contributed by atoms with Gasteiger partial charge in [0.15, 0.2) is 17.3 Å². The van der Waals surface area contributed by atoms with Gasteiger partial charge in [-0.3, -0.25) is 0 Å². The molecule has 0 aliphatic rings. The Morgan fingerprint density at radius 3 is 2.43 bits per heavy atom. The summed E-state index contributed by atoms with van der Waals surface area (Å²) in [6.45, 7) is 1.81. The maximum absolute atomic E-state index is 13.5. The fraction of sp³-hybridized carbons (Fsp3) is 0.136. The SMILES string of the molecule is COc1ccc(-c2ccc3nc(N)nc(Nc4ccc(F)cc4C)c3n2)cc1OC. The third kappa shape index (κ3) is 3.67. The number of hydrogen-bond acceptors (Lipinski definition) is 7. The summed E-state index contributed by atoms with van der Waals surface area (Å²) in [7, 11) is 3.17. The lowest BCUT2D eigenvalue weighted by atomic mass is 10.1. The molecule has 2 heterocycles. The second-order valence-electron chi connectivity index (χ2n) is 6.65. The molecule has 3 N–H and O–H groups in total. The molecule has 0 bridgehead atoms. The van der Waals surface area contributed by atoms with Gasteiger partial charge < -0.3 is 20.5 Å².